The zero-order valence-corrected chi connectivity index (χ0v) is 10.0. The van der Waals surface area contributed by atoms with E-state index in [-0.39, 0.29) is 5.82 Å². The summed E-state index contributed by atoms with van der Waals surface area (Å²) >= 11 is 0. The molecule has 2 nitrogen and oxygen atoms in total. The van der Waals surface area contributed by atoms with Gasteiger partial charge in [0, 0.05) is 23.7 Å². The number of hydrogen-bond donors (Lipinski definition) is 1. The molecule has 1 N–H and O–H groups in total. The van der Waals surface area contributed by atoms with Crippen LogP contribution in [0.5, 0.6) is 0 Å². The Labute approximate surface area is 100 Å². The SMILES string of the molecule is CC(C)NCc1cc(-c2ccoc2)ccc1F. The minimum atomic E-state index is -0.176. The highest BCUT2D eigenvalue weighted by atomic mass is 19.1. The molecular formula is C14H16FNO. The average Bonchev–Trinajstić information content (AvgIpc) is 2.81. The van der Waals surface area contributed by atoms with Gasteiger partial charge in [0.2, 0.25) is 0 Å². The molecule has 1 aromatic heterocycles. The number of rotatable bonds is 4. The highest BCUT2D eigenvalue weighted by Gasteiger charge is 2.06. The lowest BCUT2D eigenvalue weighted by molar-refractivity contribution is 0.553. The number of furan rings is 1. The van der Waals surface area contributed by atoms with E-state index in [4.69, 9.17) is 4.42 Å². The fourth-order valence-electron chi connectivity index (χ4n) is 1.63. The van der Waals surface area contributed by atoms with Crippen molar-refractivity contribution in [3.05, 3.63) is 48.2 Å². The zero-order chi connectivity index (χ0) is 12.3. The van der Waals surface area contributed by atoms with Gasteiger partial charge in [-0.15, -0.1) is 0 Å². The lowest BCUT2D eigenvalue weighted by Crippen LogP contribution is -2.22. The molecule has 3 heteroatoms. The largest absolute Gasteiger partial charge is 0.472 e. The van der Waals surface area contributed by atoms with Crippen molar-refractivity contribution in [1.29, 1.82) is 0 Å². The molecule has 90 valence electrons. The van der Waals surface area contributed by atoms with Crippen LogP contribution in [0.2, 0.25) is 0 Å². The molecule has 2 rings (SSSR count). The zero-order valence-electron chi connectivity index (χ0n) is 10.0. The Hall–Kier alpha value is -1.61. The summed E-state index contributed by atoms with van der Waals surface area (Å²) in [5.41, 5.74) is 2.62. The van der Waals surface area contributed by atoms with Crippen LogP contribution in [0.3, 0.4) is 0 Å². The van der Waals surface area contributed by atoms with Gasteiger partial charge in [0.25, 0.3) is 0 Å². The molecule has 0 atom stereocenters. The fraction of sp³-hybridized carbons (Fsp3) is 0.286. The van der Waals surface area contributed by atoms with Gasteiger partial charge in [-0.1, -0.05) is 19.9 Å². The van der Waals surface area contributed by atoms with Crippen LogP contribution in [-0.2, 0) is 6.54 Å². The second-order valence-corrected chi connectivity index (χ2v) is 4.35. The number of hydrogen-bond acceptors (Lipinski definition) is 2. The summed E-state index contributed by atoms with van der Waals surface area (Å²) in [5, 5.41) is 3.21. The first kappa shape index (κ1) is 11.9. The van der Waals surface area contributed by atoms with Crippen LogP contribution in [0.15, 0.2) is 41.2 Å². The van der Waals surface area contributed by atoms with Gasteiger partial charge in [-0.2, -0.15) is 0 Å². The first-order valence-electron chi connectivity index (χ1n) is 5.71. The summed E-state index contributed by atoms with van der Waals surface area (Å²) in [6.07, 6.45) is 3.28. The maximum Gasteiger partial charge on any atom is 0.127 e. The van der Waals surface area contributed by atoms with E-state index < -0.39 is 0 Å². The van der Waals surface area contributed by atoms with Gasteiger partial charge >= 0.3 is 0 Å². The molecule has 2 aromatic rings. The van der Waals surface area contributed by atoms with Crippen molar-refractivity contribution in [1.82, 2.24) is 5.32 Å². The Morgan fingerprint density at radius 2 is 2.06 bits per heavy atom. The quantitative estimate of drug-likeness (QED) is 0.873. The van der Waals surface area contributed by atoms with Crippen molar-refractivity contribution in [2.45, 2.75) is 26.4 Å². The lowest BCUT2D eigenvalue weighted by atomic mass is 10.1. The molecule has 0 saturated carbocycles. The Balaban J connectivity index is 2.23. The topological polar surface area (TPSA) is 25.2 Å². The molecule has 1 aromatic carbocycles. The third kappa shape index (κ3) is 2.94. The van der Waals surface area contributed by atoms with E-state index in [1.165, 1.54) is 6.07 Å². The highest BCUT2D eigenvalue weighted by Crippen LogP contribution is 2.22. The van der Waals surface area contributed by atoms with Gasteiger partial charge in [0.05, 0.1) is 12.5 Å². The van der Waals surface area contributed by atoms with Gasteiger partial charge in [-0.3, -0.25) is 0 Å². The maximum atomic E-state index is 13.6. The molecule has 0 bridgehead atoms. The van der Waals surface area contributed by atoms with Crippen molar-refractivity contribution in [3.63, 3.8) is 0 Å². The number of nitrogens with one attached hydrogen (secondary N) is 1. The predicted octanol–water partition coefficient (Wildman–Crippen LogP) is 3.58. The van der Waals surface area contributed by atoms with E-state index in [9.17, 15) is 4.39 Å². The van der Waals surface area contributed by atoms with Crippen LogP contribution in [0.1, 0.15) is 19.4 Å². The summed E-state index contributed by atoms with van der Waals surface area (Å²) in [4.78, 5) is 0. The Morgan fingerprint density at radius 1 is 1.24 bits per heavy atom. The number of benzene rings is 1. The third-order valence-corrected chi connectivity index (χ3v) is 2.60. The van der Waals surface area contributed by atoms with E-state index in [1.807, 2.05) is 26.0 Å². The molecule has 17 heavy (non-hydrogen) atoms. The summed E-state index contributed by atoms with van der Waals surface area (Å²) in [5.74, 6) is -0.176. The molecule has 0 saturated heterocycles. The summed E-state index contributed by atoms with van der Waals surface area (Å²) < 4.78 is 18.6. The maximum absolute atomic E-state index is 13.6. The van der Waals surface area contributed by atoms with E-state index in [1.54, 1.807) is 18.6 Å². The third-order valence-electron chi connectivity index (χ3n) is 2.60. The Morgan fingerprint density at radius 3 is 2.71 bits per heavy atom. The van der Waals surface area contributed by atoms with E-state index >= 15 is 0 Å². The first-order chi connectivity index (χ1) is 8.16. The van der Waals surface area contributed by atoms with Crippen molar-refractivity contribution in [3.8, 4) is 11.1 Å². The fourth-order valence-corrected chi connectivity index (χ4v) is 1.63. The number of halogens is 1. The minimum absolute atomic E-state index is 0.176. The van der Waals surface area contributed by atoms with Crippen LogP contribution in [0.25, 0.3) is 11.1 Å². The monoisotopic (exact) mass is 233 g/mol. The molecule has 0 aliphatic heterocycles. The van der Waals surface area contributed by atoms with Crippen LogP contribution in [0, 0.1) is 5.82 Å². The molecule has 0 spiro atoms. The normalized spacial score (nSPS) is 11.1. The van der Waals surface area contributed by atoms with Crippen LogP contribution in [0.4, 0.5) is 4.39 Å². The van der Waals surface area contributed by atoms with Gasteiger partial charge in [-0.25, -0.2) is 4.39 Å². The Bertz CT molecular complexity index is 477. The van der Waals surface area contributed by atoms with E-state index in [0.717, 1.165) is 11.1 Å². The van der Waals surface area contributed by atoms with Crippen molar-refractivity contribution >= 4 is 0 Å². The van der Waals surface area contributed by atoms with E-state index in [2.05, 4.69) is 5.32 Å². The molecule has 0 aliphatic carbocycles. The smallest absolute Gasteiger partial charge is 0.127 e. The molecular weight excluding hydrogens is 217 g/mol. The van der Waals surface area contributed by atoms with Gasteiger partial charge < -0.3 is 9.73 Å². The van der Waals surface area contributed by atoms with Crippen LogP contribution < -0.4 is 5.32 Å². The lowest BCUT2D eigenvalue weighted by Gasteiger charge is -2.10. The predicted molar refractivity (Wildman–Crippen MR) is 66.1 cm³/mol. The summed E-state index contributed by atoms with van der Waals surface area (Å²) in [6, 6.07) is 7.33. The van der Waals surface area contributed by atoms with Gasteiger partial charge in [0.15, 0.2) is 0 Å². The average molecular weight is 233 g/mol. The van der Waals surface area contributed by atoms with Crippen molar-refractivity contribution in [2.75, 3.05) is 0 Å². The highest BCUT2D eigenvalue weighted by molar-refractivity contribution is 5.62. The first-order valence-corrected chi connectivity index (χ1v) is 5.71. The minimum Gasteiger partial charge on any atom is -0.472 e. The second kappa shape index (κ2) is 5.15. The molecule has 1 heterocycles. The molecule has 0 unspecified atom stereocenters. The van der Waals surface area contributed by atoms with E-state index in [0.29, 0.717) is 18.2 Å². The molecule has 0 radical (unpaired) electrons. The molecule has 0 aliphatic rings. The van der Waals surface area contributed by atoms with Crippen LogP contribution >= 0.6 is 0 Å². The summed E-state index contributed by atoms with van der Waals surface area (Å²) in [6.45, 7) is 4.62. The van der Waals surface area contributed by atoms with Crippen LogP contribution in [-0.4, -0.2) is 6.04 Å². The second-order valence-electron chi connectivity index (χ2n) is 4.35. The molecule has 0 fully saturated rings. The Kier molecular flexibility index (Phi) is 3.59. The van der Waals surface area contributed by atoms with Gasteiger partial charge in [0.1, 0.15) is 5.82 Å². The standard InChI is InChI=1S/C14H16FNO/c1-10(2)16-8-13-7-11(3-4-14(13)15)12-5-6-17-9-12/h3-7,9-10,16H,8H2,1-2H3. The summed E-state index contributed by atoms with van der Waals surface area (Å²) in [7, 11) is 0. The van der Waals surface area contributed by atoms with Crippen molar-refractivity contribution in [2.24, 2.45) is 0 Å². The van der Waals surface area contributed by atoms with Crippen molar-refractivity contribution < 1.29 is 8.81 Å². The van der Waals surface area contributed by atoms with Gasteiger partial charge in [-0.05, 0) is 23.8 Å². The molecule has 0 amide bonds.